The molecule has 1 rings (SSSR count). The summed E-state index contributed by atoms with van der Waals surface area (Å²) in [5.74, 6) is 1.93. The van der Waals surface area contributed by atoms with Crippen LogP contribution in [0.3, 0.4) is 0 Å². The predicted molar refractivity (Wildman–Crippen MR) is 102 cm³/mol. The lowest BCUT2D eigenvalue weighted by molar-refractivity contribution is -0.0785. The zero-order valence-electron chi connectivity index (χ0n) is 15.4. The van der Waals surface area contributed by atoms with Gasteiger partial charge in [-0.05, 0) is 50.0 Å². The molecule has 0 aliphatic carbocycles. The first-order chi connectivity index (χ1) is 10.9. The van der Waals surface area contributed by atoms with E-state index in [2.05, 4.69) is 41.5 Å². The minimum atomic E-state index is -1.60. The van der Waals surface area contributed by atoms with Crippen LogP contribution in [0.1, 0.15) is 41.5 Å². The van der Waals surface area contributed by atoms with Crippen molar-refractivity contribution in [3.63, 3.8) is 0 Å². The maximum atomic E-state index is 6.68. The Kier molecular flexibility index (Phi) is 8.68. The molecule has 132 valence electrons. The van der Waals surface area contributed by atoms with Crippen LogP contribution in [0.25, 0.3) is 0 Å². The van der Waals surface area contributed by atoms with Gasteiger partial charge in [-0.3, -0.25) is 0 Å². The van der Waals surface area contributed by atoms with Gasteiger partial charge >= 0.3 is 0 Å². The zero-order chi connectivity index (χ0) is 17.3. The lowest BCUT2D eigenvalue weighted by Crippen LogP contribution is -2.47. The molecule has 1 aromatic rings. The Morgan fingerprint density at radius 2 is 1.61 bits per heavy atom. The largest absolute Gasteiger partial charge is 0.412 e. The molecule has 3 nitrogen and oxygen atoms in total. The van der Waals surface area contributed by atoms with Crippen molar-refractivity contribution in [2.75, 3.05) is 5.75 Å². The van der Waals surface area contributed by atoms with Crippen molar-refractivity contribution in [3.8, 4) is 5.75 Å². The van der Waals surface area contributed by atoms with Crippen LogP contribution in [0, 0.1) is 5.92 Å². The lowest BCUT2D eigenvalue weighted by atomic mass is 9.95. The van der Waals surface area contributed by atoms with E-state index in [0.29, 0.717) is 5.92 Å². The Hall–Kier alpha value is -0.493. The highest BCUT2D eigenvalue weighted by molar-refractivity contribution is 7.94. The third-order valence-electron chi connectivity index (χ3n) is 4.84. The van der Waals surface area contributed by atoms with Crippen LogP contribution in [0.5, 0.6) is 5.75 Å². The summed E-state index contributed by atoms with van der Waals surface area (Å²) in [4.78, 5) is 5.26. The fraction of sp³-hybridized carbons (Fsp3) is 0.667. The van der Waals surface area contributed by atoms with E-state index in [-0.39, 0.29) is 5.60 Å². The SMILES string of the molecule is CC[Si](CC)(CC)OC(C)(C)[C@H](C)CSOOc1ccccc1. The summed E-state index contributed by atoms with van der Waals surface area (Å²) in [5.41, 5.74) is -0.142. The first-order valence-electron chi connectivity index (χ1n) is 8.60. The average molecular weight is 357 g/mol. The van der Waals surface area contributed by atoms with Crippen molar-refractivity contribution >= 4 is 20.4 Å². The van der Waals surface area contributed by atoms with Crippen molar-refractivity contribution in [3.05, 3.63) is 30.3 Å². The Balaban J connectivity index is 2.44. The van der Waals surface area contributed by atoms with Gasteiger partial charge in [0, 0.05) is 17.8 Å². The molecule has 1 atom stereocenters. The van der Waals surface area contributed by atoms with Crippen LogP contribution in [-0.4, -0.2) is 19.7 Å². The first kappa shape index (κ1) is 20.6. The van der Waals surface area contributed by atoms with Gasteiger partial charge in [0.05, 0.1) is 5.60 Å². The molecular weight excluding hydrogens is 324 g/mol. The Morgan fingerprint density at radius 3 is 2.13 bits per heavy atom. The van der Waals surface area contributed by atoms with Crippen molar-refractivity contribution in [1.82, 2.24) is 0 Å². The molecule has 0 bridgehead atoms. The van der Waals surface area contributed by atoms with Gasteiger partial charge in [-0.1, -0.05) is 45.9 Å². The summed E-state index contributed by atoms with van der Waals surface area (Å²) in [6, 6.07) is 13.1. The second kappa shape index (κ2) is 9.72. The van der Waals surface area contributed by atoms with E-state index < -0.39 is 8.32 Å². The minimum absolute atomic E-state index is 0.142. The van der Waals surface area contributed by atoms with Gasteiger partial charge in [-0.25, -0.2) is 0 Å². The van der Waals surface area contributed by atoms with E-state index in [1.54, 1.807) is 0 Å². The van der Waals surface area contributed by atoms with Gasteiger partial charge in [-0.15, -0.1) is 4.33 Å². The van der Waals surface area contributed by atoms with E-state index in [0.717, 1.165) is 11.5 Å². The maximum Gasteiger partial charge on any atom is 0.192 e. The molecule has 0 aliphatic rings. The summed E-state index contributed by atoms with van der Waals surface area (Å²) in [7, 11) is -1.60. The lowest BCUT2D eigenvalue weighted by Gasteiger charge is -2.41. The Labute approximate surface area is 147 Å². The standard InChI is InChI=1S/C18H32O3SSi/c1-7-23(8-2,9-3)20-18(5,6)16(4)15-22-21-19-17-13-11-10-12-14-17/h10-14,16H,7-9,15H2,1-6H3/t16-/m1/s1. The minimum Gasteiger partial charge on any atom is -0.412 e. The molecule has 0 saturated carbocycles. The predicted octanol–water partition coefficient (Wildman–Crippen LogP) is 6.08. The summed E-state index contributed by atoms with van der Waals surface area (Å²) >= 11 is 1.35. The fourth-order valence-corrected chi connectivity index (χ4v) is 6.53. The molecule has 0 heterocycles. The topological polar surface area (TPSA) is 27.7 Å². The molecule has 0 spiro atoms. The number of rotatable bonds is 11. The summed E-state index contributed by atoms with van der Waals surface area (Å²) < 4.78 is 11.9. The van der Waals surface area contributed by atoms with Gasteiger partial charge in [0.2, 0.25) is 0 Å². The normalized spacial score (nSPS) is 13.8. The molecule has 0 amide bonds. The monoisotopic (exact) mass is 356 g/mol. The van der Waals surface area contributed by atoms with Crippen LogP contribution in [-0.2, 0) is 8.76 Å². The van der Waals surface area contributed by atoms with E-state index in [9.17, 15) is 0 Å². The van der Waals surface area contributed by atoms with Gasteiger partial charge in [0.25, 0.3) is 0 Å². The highest BCUT2D eigenvalue weighted by Gasteiger charge is 2.38. The van der Waals surface area contributed by atoms with E-state index >= 15 is 0 Å². The van der Waals surface area contributed by atoms with E-state index in [1.165, 1.54) is 30.2 Å². The highest BCUT2D eigenvalue weighted by Crippen LogP contribution is 2.33. The summed E-state index contributed by atoms with van der Waals surface area (Å²) in [5, 5.41) is 0. The molecule has 0 aromatic heterocycles. The van der Waals surface area contributed by atoms with E-state index in [1.807, 2.05) is 30.3 Å². The van der Waals surface area contributed by atoms with Crippen LogP contribution in [0.15, 0.2) is 30.3 Å². The Morgan fingerprint density at radius 1 is 1.04 bits per heavy atom. The van der Waals surface area contributed by atoms with Gasteiger partial charge in [-0.2, -0.15) is 0 Å². The highest BCUT2D eigenvalue weighted by atomic mass is 32.2. The molecular formula is C18H32O3SSi. The number of hydrogen-bond donors (Lipinski definition) is 0. The first-order valence-corrected chi connectivity index (χ1v) is 12.0. The maximum absolute atomic E-state index is 6.68. The van der Waals surface area contributed by atoms with Crippen molar-refractivity contribution < 1.29 is 13.6 Å². The second-order valence-corrected chi connectivity index (χ2v) is 12.0. The molecule has 5 heteroatoms. The van der Waals surface area contributed by atoms with Crippen LogP contribution in [0.2, 0.25) is 18.1 Å². The number of benzene rings is 1. The molecule has 0 unspecified atom stereocenters. The molecule has 0 saturated heterocycles. The molecule has 23 heavy (non-hydrogen) atoms. The third kappa shape index (κ3) is 6.49. The quantitative estimate of drug-likeness (QED) is 0.158. The smallest absolute Gasteiger partial charge is 0.192 e. The molecule has 1 aromatic carbocycles. The van der Waals surface area contributed by atoms with Crippen molar-refractivity contribution in [2.24, 2.45) is 5.92 Å². The average Bonchev–Trinajstić information content (AvgIpc) is 2.57. The van der Waals surface area contributed by atoms with Gasteiger partial charge < -0.3 is 9.31 Å². The molecule has 0 aliphatic heterocycles. The van der Waals surface area contributed by atoms with Gasteiger partial charge in [0.1, 0.15) is 0 Å². The summed E-state index contributed by atoms with van der Waals surface area (Å²) in [6.45, 7) is 13.4. The van der Waals surface area contributed by atoms with Crippen LogP contribution >= 0.6 is 12.0 Å². The van der Waals surface area contributed by atoms with Crippen LogP contribution in [0.4, 0.5) is 0 Å². The third-order valence-corrected chi connectivity index (χ3v) is 10.5. The fourth-order valence-electron chi connectivity index (χ4n) is 2.50. The van der Waals surface area contributed by atoms with Crippen molar-refractivity contribution in [2.45, 2.75) is 65.3 Å². The van der Waals surface area contributed by atoms with Crippen LogP contribution < -0.4 is 4.89 Å². The number of para-hydroxylation sites is 1. The van der Waals surface area contributed by atoms with Crippen molar-refractivity contribution in [1.29, 1.82) is 0 Å². The molecule has 0 N–H and O–H groups in total. The molecule has 0 fully saturated rings. The van der Waals surface area contributed by atoms with E-state index in [4.69, 9.17) is 13.6 Å². The zero-order valence-corrected chi connectivity index (χ0v) is 17.2. The Bertz CT molecular complexity index is 427. The number of hydrogen-bond acceptors (Lipinski definition) is 4. The van der Waals surface area contributed by atoms with Gasteiger partial charge in [0.15, 0.2) is 14.1 Å². The molecule has 0 radical (unpaired) electrons. The summed E-state index contributed by atoms with van der Waals surface area (Å²) in [6.07, 6.45) is 0. The second-order valence-electron chi connectivity index (χ2n) is 6.60.